The normalized spacial score (nSPS) is 20.2. The molecule has 2 unspecified atom stereocenters. The lowest BCUT2D eigenvalue weighted by Crippen LogP contribution is -2.47. The van der Waals surface area contributed by atoms with Crippen LogP contribution in [0.4, 0.5) is 0 Å². The highest BCUT2D eigenvalue weighted by Crippen LogP contribution is 2.34. The van der Waals surface area contributed by atoms with Crippen molar-refractivity contribution in [1.29, 1.82) is 0 Å². The molecular weight excluding hydrogens is 424 g/mol. The van der Waals surface area contributed by atoms with Crippen molar-refractivity contribution in [2.45, 2.75) is 37.8 Å². The average Bonchev–Trinajstić information content (AvgIpc) is 3.33. The van der Waals surface area contributed by atoms with Gasteiger partial charge in [-0.1, -0.05) is 36.4 Å². The fourth-order valence-corrected chi connectivity index (χ4v) is 4.98. The number of hydrogen-bond donors (Lipinski definition) is 2. The molecule has 0 spiro atoms. The van der Waals surface area contributed by atoms with Gasteiger partial charge >= 0.3 is 0 Å². The van der Waals surface area contributed by atoms with Gasteiger partial charge in [0.1, 0.15) is 6.04 Å². The van der Waals surface area contributed by atoms with E-state index in [4.69, 9.17) is 5.73 Å². The summed E-state index contributed by atoms with van der Waals surface area (Å²) in [6.07, 6.45) is 3.04. The van der Waals surface area contributed by atoms with E-state index in [0.717, 1.165) is 19.3 Å². The zero-order valence-corrected chi connectivity index (χ0v) is 18.9. The molecule has 3 amide bonds. The summed E-state index contributed by atoms with van der Waals surface area (Å²) < 4.78 is 0. The molecule has 1 aliphatic heterocycles. The Labute approximate surface area is 192 Å². The number of thiophene rings is 1. The number of amides is 3. The van der Waals surface area contributed by atoms with Crippen molar-refractivity contribution in [2.24, 2.45) is 11.7 Å². The molecule has 170 valence electrons. The number of nitrogens with one attached hydrogen (secondary N) is 1. The Kier molecular flexibility index (Phi) is 7.22. The van der Waals surface area contributed by atoms with Crippen LogP contribution in [0, 0.1) is 5.92 Å². The van der Waals surface area contributed by atoms with Gasteiger partial charge in [0.25, 0.3) is 5.91 Å². The second-order valence-corrected chi connectivity index (χ2v) is 9.41. The molecule has 0 bridgehead atoms. The van der Waals surface area contributed by atoms with E-state index in [1.165, 1.54) is 16.9 Å². The monoisotopic (exact) mass is 454 g/mol. The lowest BCUT2D eigenvalue weighted by molar-refractivity contribution is -0.135. The van der Waals surface area contributed by atoms with Gasteiger partial charge < -0.3 is 20.9 Å². The van der Waals surface area contributed by atoms with Crippen LogP contribution in [0.1, 0.15) is 34.5 Å². The molecule has 1 aromatic heterocycles. The number of nitrogens with zero attached hydrogens (tertiary/aromatic N) is 2. The van der Waals surface area contributed by atoms with Gasteiger partial charge in [-0.15, -0.1) is 11.3 Å². The van der Waals surface area contributed by atoms with Gasteiger partial charge in [-0.3, -0.25) is 14.4 Å². The third-order valence-electron chi connectivity index (χ3n) is 6.15. The van der Waals surface area contributed by atoms with E-state index < -0.39 is 6.04 Å². The molecule has 32 heavy (non-hydrogen) atoms. The van der Waals surface area contributed by atoms with Crippen molar-refractivity contribution in [3.63, 3.8) is 0 Å². The molecule has 4 rings (SSSR count). The minimum Gasteiger partial charge on any atom is -0.353 e. The summed E-state index contributed by atoms with van der Waals surface area (Å²) in [5, 5.41) is 4.68. The van der Waals surface area contributed by atoms with Crippen molar-refractivity contribution in [3.05, 3.63) is 58.3 Å². The summed E-state index contributed by atoms with van der Waals surface area (Å²) in [5.41, 5.74) is 6.72. The molecule has 3 N–H and O–H groups in total. The lowest BCUT2D eigenvalue weighted by Gasteiger charge is -2.29. The molecule has 2 atom stereocenters. The fourth-order valence-electron chi connectivity index (χ4n) is 4.30. The van der Waals surface area contributed by atoms with E-state index in [0.29, 0.717) is 37.5 Å². The first-order valence-electron chi connectivity index (χ1n) is 11.2. The number of likely N-dealkylation sites (tertiary alicyclic amines) is 1. The maximum absolute atomic E-state index is 13.2. The number of carbonyl (C=O) groups is 3. The number of benzene rings is 1. The highest BCUT2D eigenvalue weighted by molar-refractivity contribution is 7.12. The third-order valence-corrected chi connectivity index (χ3v) is 7.01. The summed E-state index contributed by atoms with van der Waals surface area (Å²) in [6, 6.07) is 12.9. The van der Waals surface area contributed by atoms with Crippen molar-refractivity contribution in [2.75, 3.05) is 26.2 Å². The van der Waals surface area contributed by atoms with Crippen LogP contribution in [0.5, 0.6) is 0 Å². The molecule has 1 saturated heterocycles. The maximum atomic E-state index is 13.2. The Bertz CT molecular complexity index is 930. The third kappa shape index (κ3) is 5.19. The summed E-state index contributed by atoms with van der Waals surface area (Å²) in [4.78, 5) is 43.4. The van der Waals surface area contributed by atoms with Crippen molar-refractivity contribution >= 4 is 29.1 Å². The van der Waals surface area contributed by atoms with Crippen LogP contribution in [-0.2, 0) is 16.0 Å². The lowest BCUT2D eigenvalue weighted by atomic mass is 10.1. The Hall–Kier alpha value is -2.71. The van der Waals surface area contributed by atoms with Gasteiger partial charge in [0.05, 0.1) is 10.9 Å². The van der Waals surface area contributed by atoms with Crippen molar-refractivity contribution in [1.82, 2.24) is 15.1 Å². The first-order valence-corrected chi connectivity index (χ1v) is 12.1. The van der Waals surface area contributed by atoms with Crippen molar-refractivity contribution < 1.29 is 14.4 Å². The molecule has 2 aromatic rings. The molecule has 1 aromatic carbocycles. The molecule has 8 heteroatoms. The largest absolute Gasteiger partial charge is 0.353 e. The predicted molar refractivity (Wildman–Crippen MR) is 124 cm³/mol. The van der Waals surface area contributed by atoms with Gasteiger partial charge in [-0.25, -0.2) is 0 Å². The standard InChI is InChI=1S/C24H30N4O3S/c25-11-12-26-22(29)20-15-19(16-28(20)24(31)21-7-4-14-32-21)27(23(30)18-8-9-18)13-10-17-5-2-1-3-6-17/h1-7,14,18-20H,8-13,15-16,25H2,(H,26,29). The molecule has 0 radical (unpaired) electrons. The molecule has 1 aliphatic carbocycles. The second kappa shape index (κ2) is 10.3. The van der Waals surface area contributed by atoms with Crippen molar-refractivity contribution in [3.8, 4) is 0 Å². The molecule has 2 aliphatic rings. The topological polar surface area (TPSA) is 95.7 Å². The molecule has 1 saturated carbocycles. The van der Waals surface area contributed by atoms with Gasteiger partial charge in [0.15, 0.2) is 0 Å². The number of nitrogens with two attached hydrogens (primary N) is 1. The Morgan fingerprint density at radius 3 is 2.56 bits per heavy atom. The molecule has 2 heterocycles. The molecule has 2 fully saturated rings. The summed E-state index contributed by atoms with van der Waals surface area (Å²) in [7, 11) is 0. The summed E-state index contributed by atoms with van der Waals surface area (Å²) in [6.45, 7) is 1.65. The van der Waals surface area contributed by atoms with Crippen LogP contribution >= 0.6 is 11.3 Å². The smallest absolute Gasteiger partial charge is 0.264 e. The second-order valence-electron chi connectivity index (χ2n) is 8.46. The van der Waals surface area contributed by atoms with Gasteiger partial charge in [-0.2, -0.15) is 0 Å². The first kappa shape index (κ1) is 22.5. The Morgan fingerprint density at radius 2 is 1.91 bits per heavy atom. The van der Waals surface area contributed by atoms with E-state index in [1.807, 2.05) is 34.5 Å². The summed E-state index contributed by atoms with van der Waals surface area (Å²) >= 11 is 1.36. The van der Waals surface area contributed by atoms with E-state index in [9.17, 15) is 14.4 Å². The number of carbonyl (C=O) groups excluding carboxylic acids is 3. The minimum atomic E-state index is -0.604. The Morgan fingerprint density at radius 1 is 1.12 bits per heavy atom. The first-order chi connectivity index (χ1) is 15.6. The number of hydrogen-bond acceptors (Lipinski definition) is 5. The SMILES string of the molecule is NCCNC(=O)C1CC(N(CCc2ccccc2)C(=O)C2CC2)CN1C(=O)c1cccs1. The van der Waals surface area contributed by atoms with Crippen LogP contribution in [0.3, 0.4) is 0 Å². The highest BCUT2D eigenvalue weighted by atomic mass is 32.1. The van der Waals surface area contributed by atoms with Gasteiger partial charge in [-0.05, 0) is 42.7 Å². The summed E-state index contributed by atoms with van der Waals surface area (Å²) in [5.74, 6) is -0.128. The highest BCUT2D eigenvalue weighted by Gasteiger charge is 2.45. The van der Waals surface area contributed by atoms with Gasteiger partial charge in [0, 0.05) is 32.1 Å². The minimum absolute atomic E-state index is 0.0809. The van der Waals surface area contributed by atoms with Crippen LogP contribution in [0.25, 0.3) is 0 Å². The van der Waals surface area contributed by atoms with E-state index >= 15 is 0 Å². The zero-order valence-electron chi connectivity index (χ0n) is 18.1. The predicted octanol–water partition coefficient (Wildman–Crippen LogP) is 1.89. The zero-order chi connectivity index (χ0) is 22.5. The Balaban J connectivity index is 1.54. The van der Waals surface area contributed by atoms with Crippen LogP contribution < -0.4 is 11.1 Å². The maximum Gasteiger partial charge on any atom is 0.264 e. The quantitative estimate of drug-likeness (QED) is 0.605. The van der Waals surface area contributed by atoms with E-state index in [-0.39, 0.29) is 29.7 Å². The molecular formula is C24H30N4O3S. The fraction of sp³-hybridized carbons (Fsp3) is 0.458. The van der Waals surface area contributed by atoms with E-state index in [2.05, 4.69) is 17.4 Å². The number of rotatable bonds is 9. The van der Waals surface area contributed by atoms with E-state index in [1.54, 1.807) is 11.0 Å². The van der Waals surface area contributed by atoms with Crippen LogP contribution in [-0.4, -0.2) is 65.8 Å². The van der Waals surface area contributed by atoms with Gasteiger partial charge in [0.2, 0.25) is 11.8 Å². The van der Waals surface area contributed by atoms with Crippen LogP contribution in [0.15, 0.2) is 47.8 Å². The molecule has 7 nitrogen and oxygen atoms in total. The van der Waals surface area contributed by atoms with Crippen LogP contribution in [0.2, 0.25) is 0 Å². The average molecular weight is 455 g/mol.